The second-order valence-electron chi connectivity index (χ2n) is 13.3. The van der Waals surface area contributed by atoms with Gasteiger partial charge in [-0.3, -0.25) is 9.59 Å². The molecule has 40 heavy (non-hydrogen) atoms. The Morgan fingerprint density at radius 1 is 1.05 bits per heavy atom. The van der Waals surface area contributed by atoms with Gasteiger partial charge < -0.3 is 25.2 Å². The van der Waals surface area contributed by atoms with Crippen LogP contribution in [0.25, 0.3) is 0 Å². The number of ether oxygens (including phenoxy) is 1. The van der Waals surface area contributed by atoms with Crippen molar-refractivity contribution in [1.82, 2.24) is 10.2 Å². The standard InChI is InChI=1S/C32H43IN2O5/c33-25-7-3-4-8-27(25)40-28-15-24(30(38)34-9-10-36)14-26(29(28)37)35(31(39)23-5-1-2-6-23)19-32-16-20-11-21(17-32)13-22(12-20)18-32/h3-4,7-8,15,20-23,26,28-29,36-37H,1-2,5-6,9-14,16-19H2,(H,34,38)/t20?,21?,22?,26-,28+,29+,32?/m1/s1. The van der Waals surface area contributed by atoms with Gasteiger partial charge in [0, 0.05) is 31.0 Å². The molecule has 6 aliphatic carbocycles. The molecule has 3 atom stereocenters. The maximum atomic E-state index is 14.3. The minimum absolute atomic E-state index is 0.00637. The highest BCUT2D eigenvalue weighted by Gasteiger charge is 2.53. The summed E-state index contributed by atoms with van der Waals surface area (Å²) < 4.78 is 7.28. The normalized spacial score (nSPS) is 34.9. The molecule has 0 radical (unpaired) electrons. The summed E-state index contributed by atoms with van der Waals surface area (Å²) in [6.07, 6.45) is 11.8. The van der Waals surface area contributed by atoms with E-state index in [9.17, 15) is 19.8 Å². The molecule has 2 amide bonds. The van der Waals surface area contributed by atoms with Gasteiger partial charge in [0.2, 0.25) is 11.8 Å². The lowest BCUT2D eigenvalue weighted by Gasteiger charge is -2.58. The van der Waals surface area contributed by atoms with Gasteiger partial charge in [0.05, 0.1) is 16.2 Å². The fourth-order valence-electron chi connectivity index (χ4n) is 9.08. The average molecular weight is 663 g/mol. The first-order valence-electron chi connectivity index (χ1n) is 15.3. The van der Waals surface area contributed by atoms with E-state index in [1.807, 2.05) is 29.2 Å². The van der Waals surface area contributed by atoms with Crippen molar-refractivity contribution in [2.45, 2.75) is 88.9 Å². The molecule has 1 aromatic carbocycles. The topological polar surface area (TPSA) is 99.1 Å². The van der Waals surface area contributed by atoms with Crippen molar-refractivity contribution in [3.63, 3.8) is 0 Å². The predicted octanol–water partition coefficient (Wildman–Crippen LogP) is 4.44. The van der Waals surface area contributed by atoms with E-state index in [-0.39, 0.29) is 42.7 Å². The lowest BCUT2D eigenvalue weighted by molar-refractivity contribution is -0.151. The second kappa shape index (κ2) is 11.9. The van der Waals surface area contributed by atoms with E-state index < -0.39 is 18.2 Å². The molecular weight excluding hydrogens is 619 g/mol. The molecule has 1 aromatic rings. The monoisotopic (exact) mass is 662 g/mol. The van der Waals surface area contributed by atoms with Crippen molar-refractivity contribution in [3.05, 3.63) is 39.5 Å². The van der Waals surface area contributed by atoms with Crippen LogP contribution >= 0.6 is 22.6 Å². The van der Waals surface area contributed by atoms with Crippen LogP contribution in [0.4, 0.5) is 0 Å². The highest BCUT2D eigenvalue weighted by molar-refractivity contribution is 14.1. The molecule has 5 fully saturated rings. The number of halogens is 1. The predicted molar refractivity (Wildman–Crippen MR) is 160 cm³/mol. The van der Waals surface area contributed by atoms with Gasteiger partial charge in [-0.15, -0.1) is 0 Å². The summed E-state index contributed by atoms with van der Waals surface area (Å²) in [4.78, 5) is 29.5. The van der Waals surface area contributed by atoms with Crippen LogP contribution in [0.5, 0.6) is 5.75 Å². The summed E-state index contributed by atoms with van der Waals surface area (Å²) in [6.45, 7) is 0.684. The number of nitrogens with one attached hydrogen (secondary N) is 1. The van der Waals surface area contributed by atoms with Crippen molar-refractivity contribution < 1.29 is 24.5 Å². The summed E-state index contributed by atoms with van der Waals surface area (Å²) >= 11 is 2.21. The van der Waals surface area contributed by atoms with Crippen LogP contribution in [-0.4, -0.2) is 64.9 Å². The number of para-hydroxylation sites is 1. The van der Waals surface area contributed by atoms with Crippen molar-refractivity contribution in [2.75, 3.05) is 19.7 Å². The first kappa shape index (κ1) is 28.5. The van der Waals surface area contributed by atoms with Crippen molar-refractivity contribution in [3.8, 4) is 5.75 Å². The van der Waals surface area contributed by atoms with E-state index in [0.29, 0.717) is 17.9 Å². The molecule has 0 aliphatic heterocycles. The molecule has 7 nitrogen and oxygen atoms in total. The highest BCUT2D eigenvalue weighted by Crippen LogP contribution is 2.60. The lowest BCUT2D eigenvalue weighted by Crippen LogP contribution is -2.60. The number of carbonyl (C=O) groups excluding carboxylic acids is 2. The zero-order valence-electron chi connectivity index (χ0n) is 23.3. The van der Waals surface area contributed by atoms with E-state index >= 15 is 0 Å². The van der Waals surface area contributed by atoms with Gasteiger partial charge in [-0.25, -0.2) is 0 Å². The van der Waals surface area contributed by atoms with Gasteiger partial charge in [-0.1, -0.05) is 25.0 Å². The number of nitrogens with zero attached hydrogens (tertiary/aromatic N) is 1. The summed E-state index contributed by atoms with van der Waals surface area (Å²) in [5.41, 5.74) is 0.628. The molecule has 0 spiro atoms. The van der Waals surface area contributed by atoms with Crippen LogP contribution in [0.3, 0.4) is 0 Å². The smallest absolute Gasteiger partial charge is 0.247 e. The molecule has 0 aromatic heterocycles. The van der Waals surface area contributed by atoms with E-state index in [1.165, 1.54) is 38.5 Å². The first-order valence-corrected chi connectivity index (χ1v) is 16.4. The summed E-state index contributed by atoms with van der Waals surface area (Å²) in [6, 6.07) is 7.11. The Balaban J connectivity index is 1.33. The molecule has 0 saturated heterocycles. The van der Waals surface area contributed by atoms with Crippen molar-refractivity contribution >= 4 is 34.4 Å². The number of benzene rings is 1. The van der Waals surface area contributed by atoms with E-state index in [4.69, 9.17) is 4.74 Å². The number of hydrogen-bond donors (Lipinski definition) is 3. The third-order valence-corrected chi connectivity index (χ3v) is 11.3. The summed E-state index contributed by atoms with van der Waals surface area (Å²) in [7, 11) is 0. The van der Waals surface area contributed by atoms with Gasteiger partial charge in [0.15, 0.2) is 0 Å². The zero-order valence-corrected chi connectivity index (χ0v) is 25.4. The Kier molecular flexibility index (Phi) is 8.48. The van der Waals surface area contributed by atoms with Gasteiger partial charge in [-0.05, 0) is 115 Å². The summed E-state index contributed by atoms with van der Waals surface area (Å²) in [5, 5.41) is 24.0. The zero-order chi connectivity index (χ0) is 27.9. The van der Waals surface area contributed by atoms with Crippen LogP contribution < -0.4 is 10.1 Å². The molecule has 7 rings (SSSR count). The molecule has 3 N–H and O–H groups in total. The number of carbonyl (C=O) groups is 2. The number of hydrogen-bond acceptors (Lipinski definition) is 5. The average Bonchev–Trinajstić information content (AvgIpc) is 3.47. The van der Waals surface area contributed by atoms with Gasteiger partial charge >= 0.3 is 0 Å². The number of rotatable bonds is 9. The Bertz CT molecular complexity index is 1100. The molecule has 6 aliphatic rings. The Morgan fingerprint density at radius 3 is 2.33 bits per heavy atom. The molecule has 0 heterocycles. The van der Waals surface area contributed by atoms with E-state index in [0.717, 1.165) is 47.0 Å². The largest absolute Gasteiger partial charge is 0.482 e. The molecule has 218 valence electrons. The van der Waals surface area contributed by atoms with Crippen LogP contribution in [0.2, 0.25) is 0 Å². The number of amides is 2. The maximum absolute atomic E-state index is 14.3. The SMILES string of the molecule is O=C(NCCO)C1=C[C@H](Oc2ccccc2I)[C@@H](O)[C@H](N(CC23CC4CC(CC(C4)C2)C3)C(=O)C2CCCC2)C1. The van der Waals surface area contributed by atoms with Crippen LogP contribution in [-0.2, 0) is 9.59 Å². The number of aliphatic hydroxyl groups is 2. The van der Waals surface area contributed by atoms with Crippen molar-refractivity contribution in [1.29, 1.82) is 0 Å². The number of aliphatic hydroxyl groups excluding tert-OH is 2. The quantitative estimate of drug-likeness (QED) is 0.340. The third kappa shape index (κ3) is 5.82. The van der Waals surface area contributed by atoms with Gasteiger partial charge in [0.1, 0.15) is 18.0 Å². The lowest BCUT2D eigenvalue weighted by atomic mass is 9.49. The van der Waals surface area contributed by atoms with Crippen molar-refractivity contribution in [2.24, 2.45) is 29.1 Å². The first-order chi connectivity index (χ1) is 19.3. The Hall–Kier alpha value is -1.65. The molecule has 8 heteroatoms. The minimum atomic E-state index is -0.954. The third-order valence-electron chi connectivity index (χ3n) is 10.4. The Morgan fingerprint density at radius 2 is 1.70 bits per heavy atom. The van der Waals surface area contributed by atoms with Crippen LogP contribution in [0, 0.1) is 32.7 Å². The van der Waals surface area contributed by atoms with Crippen LogP contribution in [0.1, 0.15) is 70.6 Å². The highest BCUT2D eigenvalue weighted by atomic mass is 127. The molecule has 4 bridgehead atoms. The fraction of sp³-hybridized carbons (Fsp3) is 0.688. The van der Waals surface area contributed by atoms with Crippen LogP contribution in [0.15, 0.2) is 35.9 Å². The Labute approximate surface area is 251 Å². The molecule has 5 saturated carbocycles. The summed E-state index contributed by atoms with van der Waals surface area (Å²) in [5.74, 6) is 2.82. The molecule has 0 unspecified atom stereocenters. The van der Waals surface area contributed by atoms with E-state index in [2.05, 4.69) is 27.9 Å². The molecular formula is C32H43IN2O5. The second-order valence-corrected chi connectivity index (χ2v) is 14.5. The van der Waals surface area contributed by atoms with E-state index in [1.54, 1.807) is 6.08 Å². The van der Waals surface area contributed by atoms with Gasteiger partial charge in [-0.2, -0.15) is 0 Å². The van der Waals surface area contributed by atoms with Gasteiger partial charge in [0.25, 0.3) is 0 Å². The fourth-order valence-corrected chi connectivity index (χ4v) is 9.59. The minimum Gasteiger partial charge on any atom is -0.482 e. The maximum Gasteiger partial charge on any atom is 0.247 e.